The summed E-state index contributed by atoms with van der Waals surface area (Å²) in [6.07, 6.45) is -4.65. The molecule has 11 heteroatoms. The van der Waals surface area contributed by atoms with Crippen LogP contribution in [0.15, 0.2) is 53.4 Å². The van der Waals surface area contributed by atoms with Crippen LogP contribution in [0.1, 0.15) is 36.7 Å². The van der Waals surface area contributed by atoms with Gasteiger partial charge in [0.25, 0.3) is 5.91 Å². The van der Waals surface area contributed by atoms with Gasteiger partial charge in [-0.1, -0.05) is 18.2 Å². The molecular formula is C22H26F3N3O4S. The Morgan fingerprint density at radius 2 is 1.70 bits per heavy atom. The van der Waals surface area contributed by atoms with Gasteiger partial charge in [0, 0.05) is 25.2 Å². The average Bonchev–Trinajstić information content (AvgIpc) is 2.76. The van der Waals surface area contributed by atoms with E-state index in [1.165, 1.54) is 47.8 Å². The molecule has 1 N–H and O–H groups in total. The molecule has 2 rings (SSSR count). The second-order valence-electron chi connectivity index (χ2n) is 7.55. The molecule has 33 heavy (non-hydrogen) atoms. The number of para-hydroxylation sites is 1. The third kappa shape index (κ3) is 6.32. The lowest BCUT2D eigenvalue weighted by atomic mass is 10.1. The average molecular weight is 486 g/mol. The van der Waals surface area contributed by atoms with E-state index in [2.05, 4.69) is 5.32 Å². The van der Waals surface area contributed by atoms with Gasteiger partial charge in [0.2, 0.25) is 15.9 Å². The summed E-state index contributed by atoms with van der Waals surface area (Å²) < 4.78 is 66.1. The predicted octanol–water partition coefficient (Wildman–Crippen LogP) is 3.84. The molecule has 2 aromatic carbocycles. The van der Waals surface area contributed by atoms with Crippen molar-refractivity contribution >= 4 is 27.5 Å². The number of rotatable bonds is 8. The number of amides is 2. The van der Waals surface area contributed by atoms with Crippen molar-refractivity contribution in [3.05, 3.63) is 59.7 Å². The molecule has 0 aliphatic rings. The molecule has 7 nitrogen and oxygen atoms in total. The van der Waals surface area contributed by atoms with Crippen LogP contribution >= 0.6 is 0 Å². The van der Waals surface area contributed by atoms with E-state index >= 15 is 0 Å². The van der Waals surface area contributed by atoms with Crippen LogP contribution in [0.3, 0.4) is 0 Å². The Bertz CT molecular complexity index is 1120. The second kappa shape index (κ2) is 10.3. The smallest absolute Gasteiger partial charge is 0.330 e. The van der Waals surface area contributed by atoms with Crippen LogP contribution in [0.25, 0.3) is 0 Å². The van der Waals surface area contributed by atoms with Crippen LogP contribution in [0.4, 0.5) is 18.9 Å². The summed E-state index contributed by atoms with van der Waals surface area (Å²) in [5.74, 6) is -1.44. The van der Waals surface area contributed by atoms with Gasteiger partial charge in [-0.3, -0.25) is 9.59 Å². The van der Waals surface area contributed by atoms with Crippen molar-refractivity contribution in [2.24, 2.45) is 0 Å². The lowest BCUT2D eigenvalue weighted by molar-refractivity contribution is -0.137. The summed E-state index contributed by atoms with van der Waals surface area (Å²) in [6, 6.07) is 9.64. The lowest BCUT2D eigenvalue weighted by Gasteiger charge is -2.23. The second-order valence-corrected chi connectivity index (χ2v) is 9.55. The fourth-order valence-corrected chi connectivity index (χ4v) is 4.36. The van der Waals surface area contributed by atoms with Gasteiger partial charge in [-0.2, -0.15) is 17.5 Å². The number of hydrogen-bond donors (Lipinski definition) is 1. The minimum absolute atomic E-state index is 0.0403. The van der Waals surface area contributed by atoms with E-state index in [1.807, 2.05) is 0 Å². The number of halogens is 3. The minimum Gasteiger partial charge on any atom is -0.330 e. The topological polar surface area (TPSA) is 86.8 Å². The van der Waals surface area contributed by atoms with Crippen LogP contribution < -0.4 is 5.32 Å². The molecule has 0 aromatic heterocycles. The van der Waals surface area contributed by atoms with E-state index in [1.54, 1.807) is 20.8 Å². The first kappa shape index (κ1) is 26.3. The van der Waals surface area contributed by atoms with Crippen molar-refractivity contribution in [1.29, 1.82) is 0 Å². The molecule has 0 fully saturated rings. The molecule has 0 aliphatic carbocycles. The number of anilines is 1. The van der Waals surface area contributed by atoms with Gasteiger partial charge < -0.3 is 10.2 Å². The van der Waals surface area contributed by atoms with Gasteiger partial charge in [-0.15, -0.1) is 0 Å². The van der Waals surface area contributed by atoms with E-state index < -0.39 is 45.8 Å². The molecule has 0 atom stereocenters. The van der Waals surface area contributed by atoms with Crippen molar-refractivity contribution in [3.8, 4) is 0 Å². The highest BCUT2D eigenvalue weighted by atomic mass is 32.2. The minimum atomic E-state index is -4.65. The standard InChI is InChI=1S/C22H26F3N3O4S/c1-5-28(14-20(29)26-19-12-7-6-11-18(19)22(23,24)25)21(30)16-9-8-10-17(13-16)33(31,32)27(4)15(2)3/h6-13,15H,5,14H2,1-4H3,(H,26,29). The zero-order valence-corrected chi connectivity index (χ0v) is 19.5. The van der Waals surface area contributed by atoms with Gasteiger partial charge in [-0.05, 0) is 51.1 Å². The van der Waals surface area contributed by atoms with Gasteiger partial charge >= 0.3 is 6.18 Å². The quantitative estimate of drug-likeness (QED) is 0.616. The number of nitrogens with one attached hydrogen (secondary N) is 1. The Morgan fingerprint density at radius 1 is 1.06 bits per heavy atom. The van der Waals surface area contributed by atoms with Crippen LogP contribution in [0.5, 0.6) is 0 Å². The maximum atomic E-state index is 13.1. The monoisotopic (exact) mass is 485 g/mol. The third-order valence-corrected chi connectivity index (χ3v) is 7.02. The van der Waals surface area contributed by atoms with Gasteiger partial charge in [-0.25, -0.2) is 8.42 Å². The van der Waals surface area contributed by atoms with Crippen molar-refractivity contribution in [2.75, 3.05) is 25.5 Å². The van der Waals surface area contributed by atoms with Gasteiger partial charge in [0.05, 0.1) is 16.1 Å². The number of benzene rings is 2. The molecular weight excluding hydrogens is 459 g/mol. The molecule has 0 unspecified atom stereocenters. The van der Waals surface area contributed by atoms with Crippen molar-refractivity contribution in [1.82, 2.24) is 9.21 Å². The number of nitrogens with zero attached hydrogens (tertiary/aromatic N) is 2. The molecule has 0 saturated carbocycles. The molecule has 0 radical (unpaired) electrons. The Kier molecular flexibility index (Phi) is 8.25. The Morgan fingerprint density at radius 3 is 2.27 bits per heavy atom. The maximum absolute atomic E-state index is 13.1. The number of carbonyl (C=O) groups is 2. The largest absolute Gasteiger partial charge is 0.418 e. The summed E-state index contributed by atoms with van der Waals surface area (Å²) in [6.45, 7) is 4.59. The zero-order chi connectivity index (χ0) is 25.0. The molecule has 0 aliphatic heterocycles. The van der Waals surface area contributed by atoms with E-state index in [0.29, 0.717) is 0 Å². The highest BCUT2D eigenvalue weighted by Gasteiger charge is 2.33. The molecule has 2 amide bonds. The fraction of sp³-hybridized carbons (Fsp3) is 0.364. The predicted molar refractivity (Wildman–Crippen MR) is 118 cm³/mol. The SMILES string of the molecule is CCN(CC(=O)Nc1ccccc1C(F)(F)F)C(=O)c1cccc(S(=O)(=O)N(C)C(C)C)c1. The lowest BCUT2D eigenvalue weighted by Crippen LogP contribution is -2.38. The summed E-state index contributed by atoms with van der Waals surface area (Å²) >= 11 is 0. The number of carbonyl (C=O) groups excluding carboxylic acids is 2. The van der Waals surface area contributed by atoms with E-state index in [4.69, 9.17) is 0 Å². The molecule has 0 saturated heterocycles. The fourth-order valence-electron chi connectivity index (χ4n) is 2.95. The normalized spacial score (nSPS) is 12.2. The van der Waals surface area contributed by atoms with Crippen molar-refractivity contribution in [2.45, 2.75) is 37.9 Å². The van der Waals surface area contributed by atoms with Crippen molar-refractivity contribution in [3.63, 3.8) is 0 Å². The first-order chi connectivity index (χ1) is 15.3. The summed E-state index contributed by atoms with van der Waals surface area (Å²) in [5.41, 5.74) is -1.37. The van der Waals surface area contributed by atoms with Gasteiger partial charge in [0.15, 0.2) is 0 Å². The zero-order valence-electron chi connectivity index (χ0n) is 18.7. The van der Waals surface area contributed by atoms with Crippen molar-refractivity contribution < 1.29 is 31.2 Å². The summed E-state index contributed by atoms with van der Waals surface area (Å²) in [4.78, 5) is 26.4. The molecule has 180 valence electrons. The van der Waals surface area contributed by atoms with Gasteiger partial charge in [0.1, 0.15) is 6.54 Å². The molecule has 0 bridgehead atoms. The van der Waals surface area contributed by atoms with Crippen LogP contribution in [-0.2, 0) is 21.0 Å². The van der Waals surface area contributed by atoms with E-state index in [9.17, 15) is 31.2 Å². The van der Waals surface area contributed by atoms with E-state index in [0.717, 1.165) is 17.0 Å². The van der Waals surface area contributed by atoms with E-state index in [-0.39, 0.29) is 23.0 Å². The molecule has 0 heterocycles. The van der Waals surface area contributed by atoms with Crippen LogP contribution in [0, 0.1) is 0 Å². The van der Waals surface area contributed by atoms with Crippen LogP contribution in [-0.4, -0.2) is 55.6 Å². The number of sulfonamides is 1. The summed E-state index contributed by atoms with van der Waals surface area (Å²) in [5, 5.41) is 2.20. The maximum Gasteiger partial charge on any atom is 0.418 e. The Balaban J connectivity index is 2.22. The highest BCUT2D eigenvalue weighted by Crippen LogP contribution is 2.34. The number of likely N-dealkylation sites (N-methyl/N-ethyl adjacent to an activating group) is 1. The molecule has 0 spiro atoms. The first-order valence-electron chi connectivity index (χ1n) is 10.1. The van der Waals surface area contributed by atoms with Crippen LogP contribution in [0.2, 0.25) is 0 Å². The Labute approximate surface area is 191 Å². The first-order valence-corrected chi connectivity index (χ1v) is 11.6. The third-order valence-electron chi connectivity index (χ3n) is 5.00. The molecule has 2 aromatic rings. The highest BCUT2D eigenvalue weighted by molar-refractivity contribution is 7.89. The summed E-state index contributed by atoms with van der Waals surface area (Å²) in [7, 11) is -2.41. The Hall–Kier alpha value is -2.92. The number of alkyl halides is 3. The number of hydrogen-bond acceptors (Lipinski definition) is 4.